The zero-order valence-corrected chi connectivity index (χ0v) is 15.7. The van der Waals surface area contributed by atoms with Gasteiger partial charge in [-0.2, -0.15) is 0 Å². The fraction of sp³-hybridized carbons (Fsp3) is 0.417. The van der Waals surface area contributed by atoms with Crippen LogP contribution in [0.4, 0.5) is 0 Å². The normalized spacial score (nSPS) is 15.8. The zero-order chi connectivity index (χ0) is 13.5. The Kier molecular flexibility index (Phi) is 8.07. The van der Waals surface area contributed by atoms with Gasteiger partial charge in [-0.3, -0.25) is 4.79 Å². The lowest BCUT2D eigenvalue weighted by molar-refractivity contribution is -0.142. The van der Waals surface area contributed by atoms with E-state index in [0.29, 0.717) is 6.61 Å². The van der Waals surface area contributed by atoms with Crippen LogP contribution >= 0.6 is 63.7 Å². The molecule has 6 heteroatoms. The maximum atomic E-state index is 11.8. The second-order valence-electron chi connectivity index (χ2n) is 3.60. The Morgan fingerprint density at radius 1 is 1.17 bits per heavy atom. The summed E-state index contributed by atoms with van der Waals surface area (Å²) in [5, 5.41) is 0.740. The molecule has 0 radical (unpaired) electrons. The average Bonchev–Trinajstić information content (AvgIpc) is 2.43. The number of esters is 1. The third kappa shape index (κ3) is 5.31. The fourth-order valence-corrected chi connectivity index (χ4v) is 2.50. The molecule has 1 rings (SSSR count). The number of rotatable bonds is 6. The smallest absolute Gasteiger partial charge is 0.321 e. The molecular formula is C12H12Br4O2. The number of hydrogen-bond donors (Lipinski definition) is 0. The van der Waals surface area contributed by atoms with Crippen LogP contribution in [-0.4, -0.2) is 27.6 Å². The summed E-state index contributed by atoms with van der Waals surface area (Å²) in [5.41, 5.74) is 1.03. The van der Waals surface area contributed by atoms with E-state index in [2.05, 4.69) is 63.7 Å². The summed E-state index contributed by atoms with van der Waals surface area (Å²) in [4.78, 5) is 11.5. The summed E-state index contributed by atoms with van der Waals surface area (Å²) in [6.07, 6.45) is 0. The van der Waals surface area contributed by atoms with Gasteiger partial charge in [0.25, 0.3) is 0 Å². The highest BCUT2D eigenvalue weighted by molar-refractivity contribution is 9.12. The number of ether oxygens (including phenoxy) is 1. The largest absolute Gasteiger partial charge is 0.464 e. The number of halogens is 4. The monoisotopic (exact) mass is 504 g/mol. The van der Waals surface area contributed by atoms with Gasteiger partial charge < -0.3 is 4.74 Å². The highest BCUT2D eigenvalue weighted by atomic mass is 79.9. The van der Waals surface area contributed by atoms with Crippen molar-refractivity contribution >= 4 is 69.7 Å². The van der Waals surface area contributed by atoms with E-state index in [4.69, 9.17) is 4.74 Å². The Morgan fingerprint density at radius 3 is 2.33 bits per heavy atom. The van der Waals surface area contributed by atoms with Crippen LogP contribution in [0.1, 0.15) is 10.4 Å². The molecule has 0 N–H and O–H groups in total. The highest BCUT2D eigenvalue weighted by Gasteiger charge is 2.26. The van der Waals surface area contributed by atoms with Crippen molar-refractivity contribution in [2.45, 2.75) is 14.5 Å². The van der Waals surface area contributed by atoms with Gasteiger partial charge in [-0.25, -0.2) is 0 Å². The molecule has 100 valence electrons. The van der Waals surface area contributed by atoms with Gasteiger partial charge >= 0.3 is 5.97 Å². The molecule has 18 heavy (non-hydrogen) atoms. The van der Waals surface area contributed by atoms with Crippen molar-refractivity contribution < 1.29 is 9.53 Å². The minimum atomic E-state index is -0.407. The predicted molar refractivity (Wildman–Crippen MR) is 88.3 cm³/mol. The molecule has 0 aromatic heterocycles. The van der Waals surface area contributed by atoms with Gasteiger partial charge in [0.05, 0.1) is 9.65 Å². The molecule has 3 atom stereocenters. The summed E-state index contributed by atoms with van der Waals surface area (Å²) < 4.78 is 5.21. The van der Waals surface area contributed by atoms with Crippen LogP contribution in [-0.2, 0) is 9.53 Å². The second-order valence-corrected chi connectivity index (χ2v) is 7.51. The van der Waals surface area contributed by atoms with Gasteiger partial charge in [0.15, 0.2) is 0 Å². The standard InChI is InChI=1S/C12H12Br4O2/c13-6-9(14)7-18-12(17)11(16)10(15)8-4-2-1-3-5-8/h1-5,9-11H,6-7H2/t9-,10-,11+/m1/s1. The van der Waals surface area contributed by atoms with Crippen molar-refractivity contribution in [1.29, 1.82) is 0 Å². The lowest BCUT2D eigenvalue weighted by Crippen LogP contribution is -2.24. The molecule has 1 aromatic rings. The first-order chi connectivity index (χ1) is 8.56. The molecular weight excluding hydrogens is 496 g/mol. The van der Waals surface area contributed by atoms with Crippen LogP contribution < -0.4 is 0 Å². The third-order valence-electron chi connectivity index (χ3n) is 2.17. The van der Waals surface area contributed by atoms with Gasteiger partial charge in [-0.05, 0) is 5.56 Å². The van der Waals surface area contributed by atoms with E-state index in [1.165, 1.54) is 0 Å². The first kappa shape index (κ1) is 16.7. The Morgan fingerprint density at radius 2 is 1.78 bits per heavy atom. The molecule has 2 nitrogen and oxygen atoms in total. The van der Waals surface area contributed by atoms with E-state index in [1.807, 2.05) is 30.3 Å². The Balaban J connectivity index is 2.53. The SMILES string of the molecule is O=C(OC[C@H](Br)CBr)[C@@H](Br)[C@H](Br)c1ccccc1. The lowest BCUT2D eigenvalue weighted by Gasteiger charge is -2.17. The number of benzene rings is 1. The molecule has 0 bridgehead atoms. The lowest BCUT2D eigenvalue weighted by atomic mass is 10.1. The third-order valence-corrected chi connectivity index (χ3v) is 7.08. The summed E-state index contributed by atoms with van der Waals surface area (Å²) >= 11 is 13.6. The maximum absolute atomic E-state index is 11.8. The van der Waals surface area contributed by atoms with Crippen molar-refractivity contribution in [2.75, 3.05) is 11.9 Å². The minimum Gasteiger partial charge on any atom is -0.464 e. The van der Waals surface area contributed by atoms with Gasteiger partial charge in [-0.1, -0.05) is 94.1 Å². The number of carbonyl (C=O) groups is 1. The Hall–Kier alpha value is 0.610. The molecule has 0 unspecified atom stereocenters. The van der Waals surface area contributed by atoms with E-state index >= 15 is 0 Å². The molecule has 0 saturated carbocycles. The topological polar surface area (TPSA) is 26.3 Å². The van der Waals surface area contributed by atoms with E-state index in [9.17, 15) is 4.79 Å². The molecule has 0 aliphatic heterocycles. The van der Waals surface area contributed by atoms with Crippen molar-refractivity contribution in [3.05, 3.63) is 35.9 Å². The molecule has 0 aliphatic carbocycles. The van der Waals surface area contributed by atoms with Crippen LogP contribution in [0.25, 0.3) is 0 Å². The van der Waals surface area contributed by atoms with Crippen LogP contribution in [0, 0.1) is 0 Å². The number of hydrogen-bond acceptors (Lipinski definition) is 2. The molecule has 0 amide bonds. The molecule has 0 aliphatic rings. The Labute approximate surface area is 140 Å². The first-order valence-electron chi connectivity index (χ1n) is 5.26. The van der Waals surface area contributed by atoms with Crippen molar-refractivity contribution in [1.82, 2.24) is 0 Å². The number of alkyl halides is 4. The molecule has 0 fully saturated rings. The van der Waals surface area contributed by atoms with Crippen LogP contribution in [0.2, 0.25) is 0 Å². The summed E-state index contributed by atoms with van der Waals surface area (Å²) in [7, 11) is 0. The summed E-state index contributed by atoms with van der Waals surface area (Å²) in [5.74, 6) is -0.272. The van der Waals surface area contributed by atoms with Gasteiger partial charge in [-0.15, -0.1) is 0 Å². The maximum Gasteiger partial charge on any atom is 0.321 e. The average molecular weight is 508 g/mol. The van der Waals surface area contributed by atoms with E-state index in [-0.39, 0.29) is 15.6 Å². The minimum absolute atomic E-state index is 0.107. The van der Waals surface area contributed by atoms with Gasteiger partial charge in [0, 0.05) is 5.33 Å². The number of carbonyl (C=O) groups excluding carboxylic acids is 1. The van der Waals surface area contributed by atoms with Crippen LogP contribution in [0.5, 0.6) is 0 Å². The van der Waals surface area contributed by atoms with Crippen LogP contribution in [0.15, 0.2) is 30.3 Å². The molecule has 0 spiro atoms. The predicted octanol–water partition coefficient (Wildman–Crippen LogP) is 4.59. The quantitative estimate of drug-likeness (QED) is 0.416. The molecule has 0 saturated heterocycles. The molecule has 1 aromatic carbocycles. The summed E-state index contributed by atoms with van der Waals surface area (Å²) in [6.45, 7) is 0.348. The van der Waals surface area contributed by atoms with E-state index in [0.717, 1.165) is 10.9 Å². The van der Waals surface area contributed by atoms with Crippen molar-refractivity contribution in [3.8, 4) is 0 Å². The van der Waals surface area contributed by atoms with Crippen molar-refractivity contribution in [3.63, 3.8) is 0 Å². The Bertz CT molecular complexity index is 372. The summed E-state index contributed by atoms with van der Waals surface area (Å²) in [6, 6.07) is 9.75. The van der Waals surface area contributed by atoms with Crippen molar-refractivity contribution in [2.24, 2.45) is 0 Å². The molecule has 0 heterocycles. The van der Waals surface area contributed by atoms with Gasteiger partial charge in [0.2, 0.25) is 0 Å². The first-order valence-corrected chi connectivity index (χ1v) is 9.13. The fourth-order valence-electron chi connectivity index (χ4n) is 1.22. The zero-order valence-electron chi connectivity index (χ0n) is 9.36. The van der Waals surface area contributed by atoms with Gasteiger partial charge in [0.1, 0.15) is 11.4 Å². The van der Waals surface area contributed by atoms with Crippen LogP contribution in [0.3, 0.4) is 0 Å². The van der Waals surface area contributed by atoms with E-state index < -0.39 is 4.83 Å². The highest BCUT2D eigenvalue weighted by Crippen LogP contribution is 2.31. The second kappa shape index (κ2) is 8.72. The van der Waals surface area contributed by atoms with E-state index in [1.54, 1.807) is 0 Å².